The van der Waals surface area contributed by atoms with Crippen molar-refractivity contribution >= 4 is 11.9 Å². The lowest BCUT2D eigenvalue weighted by Crippen LogP contribution is -2.45. The highest BCUT2D eigenvalue weighted by Gasteiger charge is 2.20. The van der Waals surface area contributed by atoms with Gasteiger partial charge < -0.3 is 20.3 Å². The van der Waals surface area contributed by atoms with Crippen molar-refractivity contribution in [2.75, 3.05) is 13.2 Å². The van der Waals surface area contributed by atoms with Crippen LogP contribution in [0.4, 0.5) is 0 Å². The maximum Gasteiger partial charge on any atom is 0.305 e. The van der Waals surface area contributed by atoms with Crippen molar-refractivity contribution in [2.24, 2.45) is 0 Å². The summed E-state index contributed by atoms with van der Waals surface area (Å²) in [5.74, 6) is -0.0294. The Morgan fingerprint density at radius 2 is 0.586 bits per heavy atom. The minimum atomic E-state index is -0.669. The molecular weight excluding hydrogens is 863 g/mol. The molecule has 2 unspecified atom stereocenters. The highest BCUT2D eigenvalue weighted by Crippen LogP contribution is 2.19. The van der Waals surface area contributed by atoms with Crippen molar-refractivity contribution in [3.05, 3.63) is 0 Å². The Balaban J connectivity index is 3.40. The molecule has 0 aromatic heterocycles. The van der Waals surface area contributed by atoms with Gasteiger partial charge in [-0.05, 0) is 25.7 Å². The number of unbranched alkanes of at least 4 members (excludes halogenated alkanes) is 50. The van der Waals surface area contributed by atoms with Crippen molar-refractivity contribution in [3.63, 3.8) is 0 Å². The molecule has 0 radical (unpaired) electrons. The third kappa shape index (κ3) is 56.2. The Bertz CT molecular complexity index is 1010. The zero-order chi connectivity index (χ0) is 50.7. The lowest BCUT2D eigenvalue weighted by molar-refractivity contribution is -0.143. The van der Waals surface area contributed by atoms with E-state index >= 15 is 0 Å². The zero-order valence-electron chi connectivity index (χ0n) is 47.8. The third-order valence-electron chi connectivity index (χ3n) is 15.4. The molecule has 2 atom stereocenters. The first kappa shape index (κ1) is 68.9. The van der Waals surface area contributed by atoms with Crippen molar-refractivity contribution in [2.45, 2.75) is 386 Å². The van der Waals surface area contributed by atoms with Crippen LogP contribution in [-0.4, -0.2) is 47.4 Å². The molecule has 0 heterocycles. The van der Waals surface area contributed by atoms with Crippen molar-refractivity contribution in [3.8, 4) is 0 Å². The maximum atomic E-state index is 12.5. The first-order valence-electron chi connectivity index (χ1n) is 32.3. The lowest BCUT2D eigenvalue weighted by atomic mass is 10.0. The highest BCUT2D eigenvalue weighted by molar-refractivity contribution is 5.76. The van der Waals surface area contributed by atoms with Crippen LogP contribution in [0.2, 0.25) is 0 Å². The predicted molar refractivity (Wildman–Crippen MR) is 306 cm³/mol. The molecule has 418 valence electrons. The molecule has 0 aliphatic heterocycles. The molecule has 0 aromatic rings. The van der Waals surface area contributed by atoms with Crippen molar-refractivity contribution in [1.29, 1.82) is 0 Å². The van der Waals surface area contributed by atoms with E-state index in [1.165, 1.54) is 302 Å². The molecule has 0 bridgehead atoms. The fourth-order valence-corrected chi connectivity index (χ4v) is 10.5. The van der Waals surface area contributed by atoms with Crippen LogP contribution in [-0.2, 0) is 14.3 Å². The molecule has 6 heteroatoms. The monoisotopic (exact) mass is 990 g/mol. The molecule has 0 rings (SSSR count). The largest absolute Gasteiger partial charge is 0.466 e. The van der Waals surface area contributed by atoms with Crippen LogP contribution in [0.5, 0.6) is 0 Å². The van der Waals surface area contributed by atoms with Crippen LogP contribution in [0.1, 0.15) is 373 Å². The Kier molecular flexibility index (Phi) is 59.4. The topological polar surface area (TPSA) is 95.9 Å². The molecule has 0 spiro atoms. The van der Waals surface area contributed by atoms with E-state index in [1.807, 2.05) is 0 Å². The van der Waals surface area contributed by atoms with Gasteiger partial charge in [0.1, 0.15) is 0 Å². The van der Waals surface area contributed by atoms with E-state index in [9.17, 15) is 19.8 Å². The average Bonchev–Trinajstić information content (AvgIpc) is 3.36. The molecule has 0 aromatic carbocycles. The summed E-state index contributed by atoms with van der Waals surface area (Å²) in [6, 6.07) is -0.546. The Morgan fingerprint density at radius 1 is 0.343 bits per heavy atom. The second kappa shape index (κ2) is 60.4. The van der Waals surface area contributed by atoms with Gasteiger partial charge in [-0.15, -0.1) is 0 Å². The van der Waals surface area contributed by atoms with Gasteiger partial charge in [-0.1, -0.05) is 335 Å². The molecule has 6 nitrogen and oxygen atoms in total. The molecule has 0 aliphatic rings. The van der Waals surface area contributed by atoms with Crippen LogP contribution in [0, 0.1) is 0 Å². The van der Waals surface area contributed by atoms with E-state index in [1.54, 1.807) is 0 Å². The summed E-state index contributed by atoms with van der Waals surface area (Å²) in [5.41, 5.74) is 0. The first-order valence-corrected chi connectivity index (χ1v) is 32.3. The Hall–Kier alpha value is -1.14. The van der Waals surface area contributed by atoms with Crippen LogP contribution in [0.3, 0.4) is 0 Å². The predicted octanol–water partition coefficient (Wildman–Crippen LogP) is 20.3. The molecule has 0 saturated carbocycles. The normalized spacial score (nSPS) is 12.5. The third-order valence-corrected chi connectivity index (χ3v) is 15.4. The quantitative estimate of drug-likeness (QED) is 0.0417. The number of ether oxygens (including phenoxy) is 1. The van der Waals surface area contributed by atoms with Gasteiger partial charge in [0.2, 0.25) is 5.91 Å². The number of carbonyl (C=O) groups excluding carboxylic acids is 2. The fraction of sp³-hybridized carbons (Fsp3) is 0.969. The fourth-order valence-electron chi connectivity index (χ4n) is 10.5. The molecule has 0 saturated heterocycles. The number of hydrogen-bond donors (Lipinski definition) is 3. The van der Waals surface area contributed by atoms with Crippen LogP contribution in [0.25, 0.3) is 0 Å². The van der Waals surface area contributed by atoms with Gasteiger partial charge in [0.25, 0.3) is 0 Å². The number of esters is 1. The lowest BCUT2D eigenvalue weighted by Gasteiger charge is -2.22. The van der Waals surface area contributed by atoms with E-state index < -0.39 is 12.1 Å². The van der Waals surface area contributed by atoms with Gasteiger partial charge in [-0.3, -0.25) is 9.59 Å². The standard InChI is InChI=1S/C64H127NO5/c1-3-5-7-9-11-13-15-17-19-20-21-22-23-24-25-26-29-32-36-40-44-48-52-56-62(67)61(60-66)65-63(68)57-53-49-45-41-37-33-30-27-28-31-35-39-43-47-51-55-59-70-64(69)58-54-50-46-42-38-34-18-16-14-12-10-8-6-4-2/h61-62,66-67H,3-60H2,1-2H3,(H,65,68). The van der Waals surface area contributed by atoms with E-state index in [0.717, 1.165) is 38.5 Å². The summed E-state index contributed by atoms with van der Waals surface area (Å²) in [5, 5.41) is 23.4. The number of aliphatic hydroxyl groups is 2. The van der Waals surface area contributed by atoms with Crippen LogP contribution < -0.4 is 5.32 Å². The summed E-state index contributed by atoms with van der Waals surface area (Å²) in [7, 11) is 0. The molecule has 0 fully saturated rings. The van der Waals surface area contributed by atoms with E-state index in [-0.39, 0.29) is 18.5 Å². The number of rotatable bonds is 61. The SMILES string of the molecule is CCCCCCCCCCCCCCCCCCCCCCCCCC(O)C(CO)NC(=O)CCCCCCCCCCCCCCCCCCOC(=O)CCCCCCCCCCCCCCCC. The number of hydrogen-bond acceptors (Lipinski definition) is 5. The number of aliphatic hydroxyl groups excluding tert-OH is 2. The van der Waals surface area contributed by atoms with Gasteiger partial charge in [-0.2, -0.15) is 0 Å². The van der Waals surface area contributed by atoms with Gasteiger partial charge in [0.15, 0.2) is 0 Å². The minimum Gasteiger partial charge on any atom is -0.466 e. The average molecular weight is 991 g/mol. The second-order valence-corrected chi connectivity index (χ2v) is 22.5. The summed E-state index contributed by atoms with van der Waals surface area (Å²) >= 11 is 0. The molecule has 70 heavy (non-hydrogen) atoms. The minimum absolute atomic E-state index is 0.00705. The van der Waals surface area contributed by atoms with Gasteiger partial charge >= 0.3 is 5.97 Å². The van der Waals surface area contributed by atoms with Crippen molar-refractivity contribution < 1.29 is 24.5 Å². The summed E-state index contributed by atoms with van der Waals surface area (Å²) in [6.45, 7) is 4.98. The smallest absolute Gasteiger partial charge is 0.305 e. The Labute approximate surface area is 438 Å². The molecule has 0 aliphatic carbocycles. The van der Waals surface area contributed by atoms with Gasteiger partial charge in [0, 0.05) is 12.8 Å². The number of carbonyl (C=O) groups is 2. The van der Waals surface area contributed by atoms with Crippen LogP contribution in [0.15, 0.2) is 0 Å². The second-order valence-electron chi connectivity index (χ2n) is 22.5. The Morgan fingerprint density at radius 3 is 0.871 bits per heavy atom. The van der Waals surface area contributed by atoms with E-state index in [2.05, 4.69) is 19.2 Å². The molecule has 1 amide bonds. The number of amides is 1. The maximum absolute atomic E-state index is 12.5. The summed E-state index contributed by atoms with van der Waals surface area (Å²) in [4.78, 5) is 24.6. The summed E-state index contributed by atoms with van der Waals surface area (Å²) in [6.07, 6.45) is 71.1. The van der Waals surface area contributed by atoms with Gasteiger partial charge in [0.05, 0.1) is 25.4 Å². The number of nitrogens with one attached hydrogen (secondary N) is 1. The van der Waals surface area contributed by atoms with Crippen LogP contribution >= 0.6 is 0 Å². The zero-order valence-corrected chi connectivity index (χ0v) is 47.8. The van der Waals surface area contributed by atoms with E-state index in [4.69, 9.17) is 4.74 Å². The molecular formula is C64H127NO5. The highest BCUT2D eigenvalue weighted by atomic mass is 16.5. The molecule has 3 N–H and O–H groups in total. The van der Waals surface area contributed by atoms with E-state index in [0.29, 0.717) is 25.9 Å². The van der Waals surface area contributed by atoms with Gasteiger partial charge in [-0.25, -0.2) is 0 Å². The first-order chi connectivity index (χ1) is 34.5. The van der Waals surface area contributed by atoms with Crippen molar-refractivity contribution in [1.82, 2.24) is 5.32 Å². The summed E-state index contributed by atoms with van der Waals surface area (Å²) < 4.78 is 5.48.